The average molecular weight is 358 g/mol. The van der Waals surface area contributed by atoms with E-state index in [0.717, 1.165) is 16.8 Å². The molecule has 0 saturated carbocycles. The third-order valence-electron chi connectivity index (χ3n) is 4.52. The van der Waals surface area contributed by atoms with Gasteiger partial charge in [-0.2, -0.15) is 0 Å². The molecule has 0 spiro atoms. The Labute approximate surface area is 152 Å². The summed E-state index contributed by atoms with van der Waals surface area (Å²) >= 11 is 0. The lowest BCUT2D eigenvalue weighted by Crippen LogP contribution is -2.44. The SMILES string of the molecule is CNc1cc(C)nc([C@@H]2COCCN2C(=O)Cc2ccc(F)cc2C)n1. The van der Waals surface area contributed by atoms with Crippen LogP contribution in [-0.4, -0.2) is 47.6 Å². The molecule has 1 aromatic heterocycles. The molecule has 6 nitrogen and oxygen atoms in total. The maximum Gasteiger partial charge on any atom is 0.227 e. The van der Waals surface area contributed by atoms with Crippen LogP contribution in [0.25, 0.3) is 0 Å². The molecule has 26 heavy (non-hydrogen) atoms. The summed E-state index contributed by atoms with van der Waals surface area (Å²) in [6.45, 7) is 5.03. The lowest BCUT2D eigenvalue weighted by atomic mass is 10.0. The van der Waals surface area contributed by atoms with Crippen LogP contribution in [0, 0.1) is 19.7 Å². The quantitative estimate of drug-likeness (QED) is 0.909. The summed E-state index contributed by atoms with van der Waals surface area (Å²) in [4.78, 5) is 23.7. The van der Waals surface area contributed by atoms with Crippen molar-refractivity contribution in [2.75, 3.05) is 32.1 Å². The van der Waals surface area contributed by atoms with E-state index in [0.29, 0.717) is 31.4 Å². The van der Waals surface area contributed by atoms with Gasteiger partial charge in [0.2, 0.25) is 5.91 Å². The number of hydrogen-bond donors (Lipinski definition) is 1. The fourth-order valence-corrected chi connectivity index (χ4v) is 3.11. The number of amides is 1. The first kappa shape index (κ1) is 18.3. The van der Waals surface area contributed by atoms with Gasteiger partial charge in [-0.25, -0.2) is 14.4 Å². The number of carbonyl (C=O) groups excluding carboxylic acids is 1. The number of hydrogen-bond acceptors (Lipinski definition) is 5. The maximum absolute atomic E-state index is 13.3. The number of ether oxygens (including phenoxy) is 1. The second-order valence-electron chi connectivity index (χ2n) is 6.43. The van der Waals surface area contributed by atoms with Gasteiger partial charge in [0, 0.05) is 25.4 Å². The third-order valence-corrected chi connectivity index (χ3v) is 4.52. The van der Waals surface area contributed by atoms with E-state index in [1.165, 1.54) is 12.1 Å². The van der Waals surface area contributed by atoms with Gasteiger partial charge in [0.05, 0.1) is 19.6 Å². The fourth-order valence-electron chi connectivity index (χ4n) is 3.11. The van der Waals surface area contributed by atoms with Crippen molar-refractivity contribution in [3.8, 4) is 0 Å². The molecule has 1 N–H and O–H groups in total. The molecule has 138 valence electrons. The Hall–Kier alpha value is -2.54. The molecule has 1 fully saturated rings. The Morgan fingerprint density at radius 1 is 1.35 bits per heavy atom. The topological polar surface area (TPSA) is 67.4 Å². The lowest BCUT2D eigenvalue weighted by molar-refractivity contribution is -0.139. The van der Waals surface area contributed by atoms with Crippen molar-refractivity contribution >= 4 is 11.7 Å². The number of nitrogens with zero attached hydrogens (tertiary/aromatic N) is 3. The van der Waals surface area contributed by atoms with E-state index in [4.69, 9.17) is 4.74 Å². The van der Waals surface area contributed by atoms with E-state index < -0.39 is 0 Å². The first-order chi connectivity index (χ1) is 12.5. The molecule has 2 heterocycles. The molecular formula is C19H23FN4O2. The molecule has 1 aliphatic heterocycles. The van der Waals surface area contributed by atoms with Gasteiger partial charge in [0.25, 0.3) is 0 Å². The van der Waals surface area contributed by atoms with Crippen LogP contribution >= 0.6 is 0 Å². The number of aryl methyl sites for hydroxylation is 2. The minimum atomic E-state index is -0.330. The fraction of sp³-hybridized carbons (Fsp3) is 0.421. The molecule has 2 aromatic rings. The Balaban J connectivity index is 1.84. The molecular weight excluding hydrogens is 335 g/mol. The number of nitrogens with one attached hydrogen (secondary N) is 1. The number of rotatable bonds is 4. The molecule has 1 saturated heterocycles. The van der Waals surface area contributed by atoms with Gasteiger partial charge < -0.3 is 15.0 Å². The minimum absolute atomic E-state index is 0.0379. The smallest absolute Gasteiger partial charge is 0.227 e. The number of aromatic nitrogens is 2. The van der Waals surface area contributed by atoms with E-state index >= 15 is 0 Å². The molecule has 1 atom stereocenters. The molecule has 0 unspecified atom stereocenters. The van der Waals surface area contributed by atoms with E-state index in [1.54, 1.807) is 18.0 Å². The predicted octanol–water partition coefficient (Wildman–Crippen LogP) is 2.42. The van der Waals surface area contributed by atoms with E-state index in [9.17, 15) is 9.18 Å². The molecule has 1 amide bonds. The van der Waals surface area contributed by atoms with Crippen molar-refractivity contribution in [3.63, 3.8) is 0 Å². The van der Waals surface area contributed by atoms with E-state index in [1.807, 2.05) is 19.9 Å². The standard InChI is InChI=1S/C19H23FN4O2/c1-12-8-15(20)5-4-14(12)10-18(25)24-6-7-26-11-16(24)19-22-13(2)9-17(21-3)23-19/h4-5,8-9,16H,6-7,10-11H2,1-3H3,(H,21,22,23)/t16-/m0/s1. The van der Waals surface area contributed by atoms with Crippen molar-refractivity contribution in [2.45, 2.75) is 26.3 Å². The second-order valence-corrected chi connectivity index (χ2v) is 6.43. The summed E-state index contributed by atoms with van der Waals surface area (Å²) in [6.07, 6.45) is 0.216. The van der Waals surface area contributed by atoms with Crippen LogP contribution in [0.4, 0.5) is 10.2 Å². The summed E-state index contributed by atoms with van der Waals surface area (Å²) < 4.78 is 18.9. The molecule has 7 heteroatoms. The zero-order chi connectivity index (χ0) is 18.7. The van der Waals surface area contributed by atoms with Crippen LogP contribution in [0.5, 0.6) is 0 Å². The molecule has 1 aliphatic rings. The lowest BCUT2D eigenvalue weighted by Gasteiger charge is -2.35. The average Bonchev–Trinajstić information content (AvgIpc) is 2.63. The number of halogens is 1. The highest BCUT2D eigenvalue weighted by molar-refractivity contribution is 5.79. The highest BCUT2D eigenvalue weighted by Gasteiger charge is 2.31. The molecule has 3 rings (SSSR count). The van der Waals surface area contributed by atoms with E-state index in [-0.39, 0.29) is 24.2 Å². The second kappa shape index (κ2) is 7.78. The Morgan fingerprint density at radius 2 is 2.15 bits per heavy atom. The molecule has 0 aliphatic carbocycles. The number of anilines is 1. The number of morpholine rings is 1. The summed E-state index contributed by atoms with van der Waals surface area (Å²) in [6, 6.07) is 6.02. The first-order valence-electron chi connectivity index (χ1n) is 8.63. The predicted molar refractivity (Wildman–Crippen MR) is 96.4 cm³/mol. The minimum Gasteiger partial charge on any atom is -0.377 e. The van der Waals surface area contributed by atoms with Gasteiger partial charge >= 0.3 is 0 Å². The summed E-state index contributed by atoms with van der Waals surface area (Å²) in [5, 5.41) is 3.01. The number of carbonyl (C=O) groups is 1. The van der Waals surface area contributed by atoms with Crippen LogP contribution in [0.2, 0.25) is 0 Å². The highest BCUT2D eigenvalue weighted by atomic mass is 19.1. The largest absolute Gasteiger partial charge is 0.377 e. The highest BCUT2D eigenvalue weighted by Crippen LogP contribution is 2.24. The summed E-state index contributed by atoms with van der Waals surface area (Å²) in [5.74, 6) is 0.943. The number of benzene rings is 1. The van der Waals surface area contributed by atoms with Crippen molar-refractivity contribution in [2.24, 2.45) is 0 Å². The van der Waals surface area contributed by atoms with E-state index in [2.05, 4.69) is 15.3 Å². The van der Waals surface area contributed by atoms with Crippen LogP contribution in [0.3, 0.4) is 0 Å². The summed E-state index contributed by atoms with van der Waals surface area (Å²) in [5.41, 5.74) is 2.42. The third kappa shape index (κ3) is 3.99. The normalized spacial score (nSPS) is 17.2. The van der Waals surface area contributed by atoms with Gasteiger partial charge in [-0.3, -0.25) is 4.79 Å². The Morgan fingerprint density at radius 3 is 2.88 bits per heavy atom. The van der Waals surface area contributed by atoms with Gasteiger partial charge in [-0.05, 0) is 37.1 Å². The van der Waals surface area contributed by atoms with Gasteiger partial charge in [0.15, 0.2) is 5.82 Å². The van der Waals surface area contributed by atoms with Crippen LogP contribution in [0.15, 0.2) is 24.3 Å². The van der Waals surface area contributed by atoms with Crippen molar-refractivity contribution in [1.82, 2.24) is 14.9 Å². The van der Waals surface area contributed by atoms with Gasteiger partial charge in [0.1, 0.15) is 17.7 Å². The van der Waals surface area contributed by atoms with Crippen molar-refractivity contribution in [3.05, 3.63) is 52.7 Å². The summed E-state index contributed by atoms with van der Waals surface area (Å²) in [7, 11) is 1.79. The molecule has 0 radical (unpaired) electrons. The van der Waals surface area contributed by atoms with Gasteiger partial charge in [-0.1, -0.05) is 6.07 Å². The zero-order valence-corrected chi connectivity index (χ0v) is 15.3. The van der Waals surface area contributed by atoms with Crippen LogP contribution in [-0.2, 0) is 16.0 Å². The zero-order valence-electron chi connectivity index (χ0n) is 15.3. The maximum atomic E-state index is 13.3. The first-order valence-corrected chi connectivity index (χ1v) is 8.63. The Bertz CT molecular complexity index is 812. The van der Waals surface area contributed by atoms with Crippen molar-refractivity contribution < 1.29 is 13.9 Å². The van der Waals surface area contributed by atoms with Gasteiger partial charge in [-0.15, -0.1) is 0 Å². The Kier molecular flexibility index (Phi) is 5.46. The van der Waals surface area contributed by atoms with Crippen LogP contribution < -0.4 is 5.32 Å². The van der Waals surface area contributed by atoms with Crippen LogP contribution in [0.1, 0.15) is 28.7 Å². The molecule has 1 aromatic carbocycles. The monoisotopic (exact) mass is 358 g/mol. The molecule has 0 bridgehead atoms. The van der Waals surface area contributed by atoms with Crippen molar-refractivity contribution in [1.29, 1.82) is 0 Å².